The molecule has 1 aromatic carbocycles. The van der Waals surface area contributed by atoms with Gasteiger partial charge in [0.15, 0.2) is 0 Å². The minimum absolute atomic E-state index is 0.0529. The third-order valence-electron chi connectivity index (χ3n) is 3.42. The minimum atomic E-state index is -4.35. The second-order valence-electron chi connectivity index (χ2n) is 5.04. The molecule has 1 fully saturated rings. The predicted octanol–water partition coefficient (Wildman–Crippen LogP) is 3.10. The molecule has 1 aromatic rings. The van der Waals surface area contributed by atoms with Crippen LogP contribution in [0.3, 0.4) is 0 Å². The maximum absolute atomic E-state index is 12.5. The van der Waals surface area contributed by atoms with Crippen molar-refractivity contribution in [2.24, 2.45) is 0 Å². The van der Waals surface area contributed by atoms with Crippen LogP contribution in [0.5, 0.6) is 0 Å². The molecular formula is C13H16F3NO2S. The lowest BCUT2D eigenvalue weighted by molar-refractivity contribution is -0.142. The molecule has 1 aliphatic heterocycles. The van der Waals surface area contributed by atoms with E-state index < -0.39 is 28.7 Å². The fourth-order valence-corrected chi connectivity index (χ4v) is 4.14. The first-order valence-corrected chi connectivity index (χ1v) is 7.79. The van der Waals surface area contributed by atoms with Crippen LogP contribution in [0.25, 0.3) is 0 Å². The van der Waals surface area contributed by atoms with E-state index in [1.807, 2.05) is 6.92 Å². The average molecular weight is 307 g/mol. The number of nitrogens with zero attached hydrogens (tertiary/aromatic N) is 1. The summed E-state index contributed by atoms with van der Waals surface area (Å²) >= 11 is 0. The molecule has 20 heavy (non-hydrogen) atoms. The van der Waals surface area contributed by atoms with Crippen molar-refractivity contribution in [3.63, 3.8) is 0 Å². The lowest BCUT2D eigenvalue weighted by Gasteiger charge is -2.25. The Labute approximate surface area is 116 Å². The molecule has 0 radical (unpaired) electrons. The number of hydrogen-bond donors (Lipinski definition) is 0. The van der Waals surface area contributed by atoms with E-state index >= 15 is 0 Å². The van der Waals surface area contributed by atoms with Crippen molar-refractivity contribution < 1.29 is 21.6 Å². The summed E-state index contributed by atoms with van der Waals surface area (Å²) in [6, 6.07) is 5.17. The number of rotatable bonds is 3. The van der Waals surface area contributed by atoms with Crippen LogP contribution in [-0.2, 0) is 10.0 Å². The second kappa shape index (κ2) is 5.37. The summed E-state index contributed by atoms with van der Waals surface area (Å²) in [5.41, 5.74) is 0.900. The van der Waals surface area contributed by atoms with Gasteiger partial charge in [-0.05, 0) is 31.9 Å². The SMILES string of the molecule is Cc1ccc(S(=O)(=O)N2CCCC2CC(F)(F)F)cc1. The van der Waals surface area contributed by atoms with Crippen LogP contribution >= 0.6 is 0 Å². The van der Waals surface area contributed by atoms with Crippen molar-refractivity contribution in [1.82, 2.24) is 4.31 Å². The summed E-state index contributed by atoms with van der Waals surface area (Å²) in [7, 11) is -3.84. The monoisotopic (exact) mass is 307 g/mol. The van der Waals surface area contributed by atoms with Crippen LogP contribution in [-0.4, -0.2) is 31.5 Å². The van der Waals surface area contributed by atoms with Gasteiger partial charge in [0, 0.05) is 12.6 Å². The zero-order valence-electron chi connectivity index (χ0n) is 11.0. The fraction of sp³-hybridized carbons (Fsp3) is 0.538. The Morgan fingerprint density at radius 2 is 1.85 bits per heavy atom. The van der Waals surface area contributed by atoms with E-state index in [0.717, 1.165) is 9.87 Å². The van der Waals surface area contributed by atoms with Crippen LogP contribution < -0.4 is 0 Å². The van der Waals surface area contributed by atoms with Gasteiger partial charge in [-0.2, -0.15) is 17.5 Å². The first-order chi connectivity index (χ1) is 9.20. The van der Waals surface area contributed by atoms with Gasteiger partial charge in [0.2, 0.25) is 10.0 Å². The van der Waals surface area contributed by atoms with E-state index in [-0.39, 0.29) is 17.9 Å². The maximum atomic E-state index is 12.5. The molecule has 112 valence electrons. The summed E-state index contributed by atoms with van der Waals surface area (Å²) in [6.45, 7) is 1.97. The molecule has 3 nitrogen and oxygen atoms in total. The van der Waals surface area contributed by atoms with Gasteiger partial charge in [0.05, 0.1) is 11.3 Å². The Bertz CT molecular complexity index is 566. The van der Waals surface area contributed by atoms with Crippen molar-refractivity contribution in [3.8, 4) is 0 Å². The molecule has 1 atom stereocenters. The summed E-state index contributed by atoms with van der Waals surface area (Å²) in [5.74, 6) is 0. The second-order valence-corrected chi connectivity index (χ2v) is 6.93. The number of benzene rings is 1. The van der Waals surface area contributed by atoms with E-state index in [1.54, 1.807) is 12.1 Å². The number of aryl methyl sites for hydroxylation is 1. The molecule has 0 aromatic heterocycles. The van der Waals surface area contributed by atoms with Gasteiger partial charge >= 0.3 is 6.18 Å². The molecule has 0 saturated carbocycles. The molecule has 0 bridgehead atoms. The highest BCUT2D eigenvalue weighted by Crippen LogP contribution is 2.33. The number of hydrogen-bond acceptors (Lipinski definition) is 2. The molecule has 0 aliphatic carbocycles. The Hall–Kier alpha value is -1.08. The zero-order chi connectivity index (χ0) is 15.0. The van der Waals surface area contributed by atoms with Gasteiger partial charge in [-0.15, -0.1) is 0 Å². The summed E-state index contributed by atoms with van der Waals surface area (Å²) in [6.07, 6.45) is -4.72. The van der Waals surface area contributed by atoms with Gasteiger partial charge < -0.3 is 0 Å². The standard InChI is InChI=1S/C13H16F3NO2S/c1-10-4-6-12(7-5-10)20(18,19)17-8-2-3-11(17)9-13(14,15)16/h4-7,11H,2-3,8-9H2,1H3. The molecule has 2 rings (SSSR count). The minimum Gasteiger partial charge on any atom is -0.207 e. The van der Waals surface area contributed by atoms with Crippen molar-refractivity contribution in [3.05, 3.63) is 29.8 Å². The molecule has 7 heteroatoms. The normalized spacial score (nSPS) is 21.3. The smallest absolute Gasteiger partial charge is 0.207 e. The third kappa shape index (κ3) is 3.32. The number of halogens is 3. The predicted molar refractivity (Wildman–Crippen MR) is 68.8 cm³/mol. The van der Waals surface area contributed by atoms with Crippen molar-refractivity contribution in [2.75, 3.05) is 6.54 Å². The molecule has 1 saturated heterocycles. The zero-order valence-corrected chi connectivity index (χ0v) is 11.8. The molecular weight excluding hydrogens is 291 g/mol. The van der Waals surface area contributed by atoms with E-state index in [1.165, 1.54) is 12.1 Å². The van der Waals surface area contributed by atoms with Crippen LogP contribution in [0.2, 0.25) is 0 Å². The molecule has 1 heterocycles. The molecule has 0 amide bonds. The maximum Gasteiger partial charge on any atom is 0.390 e. The Morgan fingerprint density at radius 3 is 2.40 bits per heavy atom. The largest absolute Gasteiger partial charge is 0.390 e. The third-order valence-corrected chi connectivity index (χ3v) is 5.38. The van der Waals surface area contributed by atoms with Crippen molar-refractivity contribution in [2.45, 2.75) is 43.3 Å². The van der Waals surface area contributed by atoms with Crippen LogP contribution in [0.15, 0.2) is 29.2 Å². The fourth-order valence-electron chi connectivity index (χ4n) is 2.44. The lowest BCUT2D eigenvalue weighted by atomic mass is 10.1. The van der Waals surface area contributed by atoms with E-state index in [9.17, 15) is 21.6 Å². The van der Waals surface area contributed by atoms with E-state index in [0.29, 0.717) is 6.42 Å². The van der Waals surface area contributed by atoms with Gasteiger partial charge in [-0.25, -0.2) is 8.42 Å². The van der Waals surface area contributed by atoms with E-state index in [4.69, 9.17) is 0 Å². The summed E-state index contributed by atoms with van der Waals surface area (Å²) in [4.78, 5) is 0.0529. The average Bonchev–Trinajstić information content (AvgIpc) is 2.76. The molecule has 1 unspecified atom stereocenters. The number of alkyl halides is 3. The first kappa shape index (κ1) is 15.3. The Morgan fingerprint density at radius 1 is 1.25 bits per heavy atom. The molecule has 1 aliphatic rings. The van der Waals surface area contributed by atoms with Gasteiger partial charge in [0.1, 0.15) is 0 Å². The summed E-state index contributed by atoms with van der Waals surface area (Å²) < 4.78 is 63.3. The summed E-state index contributed by atoms with van der Waals surface area (Å²) in [5, 5.41) is 0. The number of sulfonamides is 1. The van der Waals surface area contributed by atoms with Gasteiger partial charge in [0.25, 0.3) is 0 Å². The van der Waals surface area contributed by atoms with Crippen molar-refractivity contribution in [1.29, 1.82) is 0 Å². The van der Waals surface area contributed by atoms with Crippen LogP contribution in [0.4, 0.5) is 13.2 Å². The van der Waals surface area contributed by atoms with Crippen molar-refractivity contribution >= 4 is 10.0 Å². The highest BCUT2D eigenvalue weighted by Gasteiger charge is 2.41. The quantitative estimate of drug-likeness (QED) is 0.860. The molecule has 0 spiro atoms. The highest BCUT2D eigenvalue weighted by atomic mass is 32.2. The van der Waals surface area contributed by atoms with Crippen LogP contribution in [0, 0.1) is 6.92 Å². The Balaban J connectivity index is 2.26. The Kier molecular flexibility index (Phi) is 4.11. The topological polar surface area (TPSA) is 37.4 Å². The lowest BCUT2D eigenvalue weighted by Crippen LogP contribution is -2.38. The van der Waals surface area contributed by atoms with E-state index in [2.05, 4.69) is 0 Å². The van der Waals surface area contributed by atoms with Gasteiger partial charge in [-0.1, -0.05) is 17.7 Å². The van der Waals surface area contributed by atoms with Gasteiger partial charge in [-0.3, -0.25) is 0 Å². The molecule has 0 N–H and O–H groups in total. The first-order valence-electron chi connectivity index (χ1n) is 6.35. The van der Waals surface area contributed by atoms with Crippen LogP contribution in [0.1, 0.15) is 24.8 Å². The highest BCUT2D eigenvalue weighted by molar-refractivity contribution is 7.89.